The van der Waals surface area contributed by atoms with Gasteiger partial charge in [-0.2, -0.15) is 5.10 Å². The van der Waals surface area contributed by atoms with Crippen molar-refractivity contribution in [3.8, 4) is 16.9 Å². The van der Waals surface area contributed by atoms with Gasteiger partial charge in [-0.3, -0.25) is 9.59 Å². The number of rotatable bonds is 6. The maximum absolute atomic E-state index is 13.1. The Balaban J connectivity index is 0.00000385. The third-order valence-electron chi connectivity index (χ3n) is 4.80. The minimum absolute atomic E-state index is 0. The van der Waals surface area contributed by atoms with E-state index in [1.54, 1.807) is 30.9 Å². The normalized spacial score (nSPS) is 11.0. The number of carbonyl (C=O) groups is 1. The Kier molecular flexibility index (Phi) is 9.68. The van der Waals surface area contributed by atoms with E-state index in [-0.39, 0.29) is 49.7 Å². The molecule has 3 rings (SSSR count). The van der Waals surface area contributed by atoms with E-state index in [4.69, 9.17) is 27.9 Å². The molecule has 33 heavy (non-hydrogen) atoms. The fourth-order valence-corrected chi connectivity index (χ4v) is 3.76. The van der Waals surface area contributed by atoms with Crippen molar-refractivity contribution in [3.05, 3.63) is 86.7 Å². The summed E-state index contributed by atoms with van der Waals surface area (Å²) in [4.78, 5) is 25.4. The number of nitrogens with one attached hydrogen (secondary N) is 1. The average Bonchev–Trinajstić information content (AvgIpc) is 2.73. The van der Waals surface area contributed by atoms with Gasteiger partial charge in [-0.1, -0.05) is 59.1 Å². The van der Waals surface area contributed by atoms with Gasteiger partial charge in [0, 0.05) is 32.7 Å². The molecule has 3 aromatic rings. The van der Waals surface area contributed by atoms with Crippen molar-refractivity contribution in [2.45, 2.75) is 32.7 Å². The maximum Gasteiger partial charge on any atom is 0.278 e. The van der Waals surface area contributed by atoms with Crippen molar-refractivity contribution in [2.24, 2.45) is 0 Å². The first-order valence-electron chi connectivity index (χ1n) is 9.96. The monoisotopic (exact) mass is 561 g/mol. The van der Waals surface area contributed by atoms with E-state index in [0.717, 1.165) is 11.1 Å². The molecule has 171 valence electrons. The topological polar surface area (TPSA) is 73.2 Å². The molecule has 6 nitrogen and oxygen atoms in total. The molecule has 2 aromatic carbocycles. The van der Waals surface area contributed by atoms with Crippen LogP contribution in [-0.4, -0.2) is 22.8 Å². The number of amides is 1. The predicted octanol–water partition coefficient (Wildman–Crippen LogP) is 5.11. The second-order valence-electron chi connectivity index (χ2n) is 8.15. The summed E-state index contributed by atoms with van der Waals surface area (Å²) in [5, 5.41) is 7.53. The number of methoxy groups -OCH3 is 1. The number of benzene rings is 2. The van der Waals surface area contributed by atoms with Gasteiger partial charge in [-0.25, -0.2) is 11.2 Å². The summed E-state index contributed by atoms with van der Waals surface area (Å²) < 4.78 is 6.83. The van der Waals surface area contributed by atoms with Gasteiger partial charge in [-0.15, -0.1) is 6.42 Å². The first-order valence-corrected chi connectivity index (χ1v) is 10.7. The summed E-state index contributed by atoms with van der Waals surface area (Å²) in [5.74, 6) is 0.0418. The Hall–Kier alpha value is -1.73. The van der Waals surface area contributed by atoms with E-state index >= 15 is 0 Å². The molecule has 0 spiro atoms. The van der Waals surface area contributed by atoms with Gasteiger partial charge in [0.2, 0.25) is 5.91 Å². The standard InChI is InChI=1S/C24H24Cl2N3O3.Y/c1-24(2,3)29-23(31)20(19(32-4)14-28-29)16-10-8-15(9-11-16)12-13-27-22(30)21-17(25)6-5-7-18(21)26;/h5-11,13-14H,12H2,1-4H3,(H,27,30);/q-1;. The molecule has 1 aromatic heterocycles. The van der Waals surface area contributed by atoms with Crippen molar-refractivity contribution in [3.63, 3.8) is 0 Å². The fraction of sp³-hybridized carbons (Fsp3) is 0.250. The van der Waals surface area contributed by atoms with Crippen LogP contribution in [0.1, 0.15) is 36.7 Å². The number of halogens is 2. The number of ether oxygens (including phenoxy) is 1. The van der Waals surface area contributed by atoms with Crippen molar-refractivity contribution in [2.75, 3.05) is 7.11 Å². The maximum atomic E-state index is 13.1. The van der Waals surface area contributed by atoms with Crippen molar-refractivity contribution in [1.29, 1.82) is 0 Å². The van der Waals surface area contributed by atoms with Crippen LogP contribution in [0.15, 0.2) is 53.5 Å². The third kappa shape index (κ3) is 6.45. The van der Waals surface area contributed by atoms with E-state index < -0.39 is 5.54 Å². The first kappa shape index (κ1) is 27.5. The summed E-state index contributed by atoms with van der Waals surface area (Å²) in [6, 6.07) is 12.4. The summed E-state index contributed by atoms with van der Waals surface area (Å²) in [6.45, 7) is 7.39. The second-order valence-corrected chi connectivity index (χ2v) is 8.97. The third-order valence-corrected chi connectivity index (χ3v) is 5.43. The van der Waals surface area contributed by atoms with Crippen LogP contribution < -0.4 is 15.6 Å². The van der Waals surface area contributed by atoms with Gasteiger partial charge in [0.15, 0.2) is 5.75 Å². The van der Waals surface area contributed by atoms with Crippen molar-refractivity contribution < 1.29 is 42.2 Å². The smallest absolute Gasteiger partial charge is 0.278 e. The Bertz CT molecular complexity index is 1170. The molecule has 0 saturated carbocycles. The van der Waals surface area contributed by atoms with Crippen molar-refractivity contribution in [1.82, 2.24) is 15.1 Å². The zero-order chi connectivity index (χ0) is 23.5. The first-order chi connectivity index (χ1) is 15.1. The molecule has 0 atom stereocenters. The summed E-state index contributed by atoms with van der Waals surface area (Å²) in [7, 11) is 1.51. The summed E-state index contributed by atoms with van der Waals surface area (Å²) >= 11 is 12.1. The van der Waals surface area contributed by atoms with Gasteiger partial charge in [0.05, 0.1) is 40.0 Å². The molecule has 0 saturated heterocycles. The van der Waals surface area contributed by atoms with Crippen LogP contribution in [0.25, 0.3) is 11.1 Å². The minimum Gasteiger partial charge on any atom is -0.501 e. The quantitative estimate of drug-likeness (QED) is 0.424. The van der Waals surface area contributed by atoms with Gasteiger partial charge in [0.1, 0.15) is 0 Å². The Labute approximate surface area is 228 Å². The Morgan fingerprint density at radius 1 is 1.12 bits per heavy atom. The van der Waals surface area contributed by atoms with Crippen LogP contribution in [0, 0.1) is 6.54 Å². The van der Waals surface area contributed by atoms with Gasteiger partial charge >= 0.3 is 0 Å². The Morgan fingerprint density at radius 3 is 2.27 bits per heavy atom. The van der Waals surface area contributed by atoms with Crippen LogP contribution in [0.5, 0.6) is 5.75 Å². The number of carbonyl (C=O) groups excluding carboxylic acids is 1. The zero-order valence-electron chi connectivity index (χ0n) is 18.9. The number of hydrogen-bond acceptors (Lipinski definition) is 4. The van der Waals surface area contributed by atoms with E-state index in [9.17, 15) is 9.59 Å². The SMILES string of the molecule is COc1cnn(C(C)(C)C)c(=O)c1-c1ccc(C[CH-]NC(=O)c2c(Cl)cccc2Cl)cc1.[Y]. The van der Waals surface area contributed by atoms with Crippen molar-refractivity contribution >= 4 is 29.1 Å². The van der Waals surface area contributed by atoms with Gasteiger partial charge < -0.3 is 10.1 Å². The fourth-order valence-electron chi connectivity index (χ4n) is 3.19. The van der Waals surface area contributed by atoms with E-state index in [2.05, 4.69) is 10.4 Å². The number of hydrogen-bond donors (Lipinski definition) is 1. The Morgan fingerprint density at radius 2 is 1.73 bits per heavy atom. The molecule has 0 aliphatic heterocycles. The molecule has 1 radical (unpaired) electrons. The van der Waals surface area contributed by atoms with Crippen LogP contribution >= 0.6 is 23.2 Å². The largest absolute Gasteiger partial charge is 0.501 e. The van der Waals surface area contributed by atoms with Gasteiger partial charge in [0.25, 0.3) is 5.56 Å². The summed E-state index contributed by atoms with van der Waals surface area (Å²) in [5.41, 5.74) is 1.68. The van der Waals surface area contributed by atoms with Crippen LogP contribution in [-0.2, 0) is 44.7 Å². The zero-order valence-corrected chi connectivity index (χ0v) is 23.2. The average molecular weight is 562 g/mol. The molecule has 0 fully saturated rings. The molecular formula is C24H24Cl2N3O3Y-. The van der Waals surface area contributed by atoms with Gasteiger partial charge in [-0.05, 0) is 38.5 Å². The second kappa shape index (κ2) is 11.6. The molecule has 1 heterocycles. The summed E-state index contributed by atoms with van der Waals surface area (Å²) in [6.07, 6.45) is 2.03. The minimum atomic E-state index is -0.463. The van der Waals surface area contributed by atoms with E-state index in [1.807, 2.05) is 45.0 Å². The van der Waals surface area contributed by atoms with E-state index in [0.29, 0.717) is 27.8 Å². The molecule has 1 amide bonds. The molecule has 0 unspecified atom stereocenters. The molecule has 0 aliphatic rings. The van der Waals surface area contributed by atoms with E-state index in [1.165, 1.54) is 11.8 Å². The molecular weight excluding hydrogens is 538 g/mol. The predicted molar refractivity (Wildman–Crippen MR) is 127 cm³/mol. The molecule has 9 heteroatoms. The molecule has 0 bridgehead atoms. The number of aromatic nitrogens is 2. The molecule has 0 aliphatic carbocycles. The van der Waals surface area contributed by atoms with Crippen LogP contribution in [0.2, 0.25) is 10.0 Å². The van der Waals surface area contributed by atoms with Crippen LogP contribution in [0.4, 0.5) is 0 Å². The number of nitrogens with zero attached hydrogens (tertiary/aromatic N) is 2. The van der Waals surface area contributed by atoms with Crippen LogP contribution in [0.3, 0.4) is 0 Å². The molecule has 1 N–H and O–H groups in total.